The molecule has 3 aromatic carbocycles. The summed E-state index contributed by atoms with van der Waals surface area (Å²) in [5, 5.41) is 0. The van der Waals surface area contributed by atoms with Gasteiger partial charge in [-0.15, -0.1) is 0 Å². The van der Waals surface area contributed by atoms with E-state index in [9.17, 15) is 4.79 Å². The first kappa shape index (κ1) is 14.3. The van der Waals surface area contributed by atoms with Gasteiger partial charge in [-0.25, -0.2) is 0 Å². The van der Waals surface area contributed by atoms with Gasteiger partial charge in [0.2, 0.25) is 0 Å². The van der Waals surface area contributed by atoms with Gasteiger partial charge < -0.3 is 0 Å². The number of Topliss-reactive ketones (excluding diaryl/α,β-unsaturated/α-hetero) is 1. The van der Waals surface area contributed by atoms with Crippen LogP contribution in [0.15, 0.2) is 91.0 Å². The number of hydrogen-bond acceptors (Lipinski definition) is 1. The molecular weight excluding hydrogens is 268 g/mol. The van der Waals surface area contributed by atoms with Crippen LogP contribution < -0.4 is 0 Å². The number of rotatable bonds is 4. The minimum absolute atomic E-state index is 0.121. The van der Waals surface area contributed by atoms with E-state index in [1.807, 2.05) is 91.0 Å². The largest absolute Gasteiger partial charge is 0.298 e. The van der Waals surface area contributed by atoms with Gasteiger partial charge in [-0.05, 0) is 23.6 Å². The minimum atomic E-state index is -0.760. The van der Waals surface area contributed by atoms with E-state index < -0.39 is 5.41 Å². The van der Waals surface area contributed by atoms with Crippen molar-refractivity contribution >= 4 is 5.78 Å². The normalized spacial score (nSPS) is 11.1. The fraction of sp³-hybridized carbons (Fsp3) is 0.0952. The van der Waals surface area contributed by atoms with Gasteiger partial charge in [0.15, 0.2) is 0 Å². The second kappa shape index (κ2) is 5.98. The summed E-state index contributed by atoms with van der Waals surface area (Å²) >= 11 is 0. The van der Waals surface area contributed by atoms with Crippen molar-refractivity contribution in [3.05, 3.63) is 108 Å². The predicted molar refractivity (Wildman–Crippen MR) is 89.9 cm³/mol. The van der Waals surface area contributed by atoms with Crippen LogP contribution in [0.1, 0.15) is 23.6 Å². The van der Waals surface area contributed by atoms with E-state index in [0.717, 1.165) is 16.7 Å². The third-order valence-corrected chi connectivity index (χ3v) is 4.15. The van der Waals surface area contributed by atoms with E-state index in [0.29, 0.717) is 0 Å². The van der Waals surface area contributed by atoms with Crippen LogP contribution in [0.3, 0.4) is 0 Å². The van der Waals surface area contributed by atoms with Crippen LogP contribution in [0.4, 0.5) is 0 Å². The molecule has 0 spiro atoms. The molecule has 0 saturated carbocycles. The molecule has 0 aromatic heterocycles. The van der Waals surface area contributed by atoms with Gasteiger partial charge in [-0.3, -0.25) is 4.79 Å². The summed E-state index contributed by atoms with van der Waals surface area (Å²) in [6.07, 6.45) is 0. The zero-order valence-electron chi connectivity index (χ0n) is 12.6. The highest BCUT2D eigenvalue weighted by atomic mass is 16.1. The van der Waals surface area contributed by atoms with Crippen LogP contribution >= 0.6 is 0 Å². The quantitative estimate of drug-likeness (QED) is 0.640. The SMILES string of the molecule is CC(=O)C(c1ccccc1)(c1ccccc1)c1ccccc1. The Hall–Kier alpha value is -2.67. The number of carbonyl (C=O) groups is 1. The maximum absolute atomic E-state index is 12.9. The average Bonchev–Trinajstić information content (AvgIpc) is 2.58. The first-order valence-corrected chi connectivity index (χ1v) is 7.44. The predicted octanol–water partition coefficient (Wildman–Crippen LogP) is 4.61. The molecule has 3 aromatic rings. The molecular formula is C21H18O. The average molecular weight is 286 g/mol. The van der Waals surface area contributed by atoms with Gasteiger partial charge >= 0.3 is 0 Å². The summed E-state index contributed by atoms with van der Waals surface area (Å²) in [7, 11) is 0. The maximum Gasteiger partial charge on any atom is 0.149 e. The van der Waals surface area contributed by atoms with Gasteiger partial charge in [-0.2, -0.15) is 0 Å². The summed E-state index contributed by atoms with van der Waals surface area (Å²) in [4.78, 5) is 12.9. The van der Waals surface area contributed by atoms with Gasteiger partial charge in [0.05, 0.1) is 0 Å². The zero-order valence-corrected chi connectivity index (χ0v) is 12.6. The van der Waals surface area contributed by atoms with Crippen molar-refractivity contribution in [1.82, 2.24) is 0 Å². The van der Waals surface area contributed by atoms with Gasteiger partial charge in [0, 0.05) is 0 Å². The lowest BCUT2D eigenvalue weighted by Gasteiger charge is -2.33. The van der Waals surface area contributed by atoms with E-state index in [-0.39, 0.29) is 5.78 Å². The van der Waals surface area contributed by atoms with Crippen LogP contribution in [-0.4, -0.2) is 5.78 Å². The van der Waals surface area contributed by atoms with E-state index in [1.54, 1.807) is 6.92 Å². The monoisotopic (exact) mass is 286 g/mol. The number of ketones is 1. The Balaban J connectivity index is 2.37. The number of hydrogen-bond donors (Lipinski definition) is 0. The summed E-state index contributed by atoms with van der Waals surface area (Å²) < 4.78 is 0. The first-order chi connectivity index (χ1) is 10.8. The van der Waals surface area contributed by atoms with Crippen molar-refractivity contribution in [3.63, 3.8) is 0 Å². The molecule has 0 amide bonds. The van der Waals surface area contributed by atoms with Crippen molar-refractivity contribution in [2.24, 2.45) is 0 Å². The van der Waals surface area contributed by atoms with Crippen LogP contribution in [0.5, 0.6) is 0 Å². The Labute approximate surface area is 131 Å². The van der Waals surface area contributed by atoms with Crippen LogP contribution in [0.25, 0.3) is 0 Å². The molecule has 22 heavy (non-hydrogen) atoms. The van der Waals surface area contributed by atoms with Crippen molar-refractivity contribution < 1.29 is 4.79 Å². The minimum Gasteiger partial charge on any atom is -0.298 e. The molecule has 0 aliphatic rings. The lowest BCUT2D eigenvalue weighted by molar-refractivity contribution is -0.119. The second-order valence-corrected chi connectivity index (χ2v) is 5.40. The summed E-state index contributed by atoms with van der Waals surface area (Å²) in [5.74, 6) is 0.121. The van der Waals surface area contributed by atoms with Gasteiger partial charge in [-0.1, -0.05) is 91.0 Å². The molecule has 0 unspecified atom stereocenters. The number of benzene rings is 3. The Morgan fingerprint density at radius 1 is 0.591 bits per heavy atom. The number of carbonyl (C=O) groups excluding carboxylic acids is 1. The summed E-state index contributed by atoms with van der Waals surface area (Å²) in [5.41, 5.74) is 2.24. The standard InChI is InChI=1S/C21H18O/c1-17(22)21(18-11-5-2-6-12-18,19-13-7-3-8-14-19)20-15-9-4-10-16-20/h2-16H,1H3. The molecule has 0 aliphatic heterocycles. The second-order valence-electron chi connectivity index (χ2n) is 5.40. The molecule has 1 heteroatoms. The lowest BCUT2D eigenvalue weighted by Crippen LogP contribution is -2.36. The molecule has 3 rings (SSSR count). The Bertz CT molecular complexity index is 649. The summed E-state index contributed by atoms with van der Waals surface area (Å²) in [6, 6.07) is 30.0. The third kappa shape index (κ3) is 2.25. The Morgan fingerprint density at radius 2 is 0.864 bits per heavy atom. The van der Waals surface area contributed by atoms with Crippen LogP contribution in [0.2, 0.25) is 0 Å². The molecule has 0 N–H and O–H groups in total. The smallest absolute Gasteiger partial charge is 0.149 e. The van der Waals surface area contributed by atoms with E-state index >= 15 is 0 Å². The van der Waals surface area contributed by atoms with Crippen molar-refractivity contribution in [2.75, 3.05) is 0 Å². The highest BCUT2D eigenvalue weighted by molar-refractivity contribution is 5.96. The Kier molecular flexibility index (Phi) is 3.88. The first-order valence-electron chi connectivity index (χ1n) is 7.44. The molecule has 0 bridgehead atoms. The Morgan fingerprint density at radius 3 is 1.09 bits per heavy atom. The van der Waals surface area contributed by atoms with Crippen LogP contribution in [0, 0.1) is 0 Å². The maximum atomic E-state index is 12.9. The molecule has 0 atom stereocenters. The molecule has 0 aliphatic carbocycles. The zero-order chi connectivity index (χ0) is 15.4. The highest BCUT2D eigenvalue weighted by Crippen LogP contribution is 2.39. The van der Waals surface area contributed by atoms with E-state index in [2.05, 4.69) is 0 Å². The molecule has 0 fully saturated rings. The van der Waals surface area contributed by atoms with Crippen molar-refractivity contribution in [3.8, 4) is 0 Å². The summed E-state index contributed by atoms with van der Waals surface area (Å²) in [6.45, 7) is 1.67. The van der Waals surface area contributed by atoms with Crippen molar-refractivity contribution in [2.45, 2.75) is 12.3 Å². The van der Waals surface area contributed by atoms with Gasteiger partial charge in [0.25, 0.3) is 0 Å². The van der Waals surface area contributed by atoms with E-state index in [1.165, 1.54) is 0 Å². The fourth-order valence-electron chi connectivity index (χ4n) is 3.17. The van der Waals surface area contributed by atoms with E-state index in [4.69, 9.17) is 0 Å². The fourth-order valence-corrected chi connectivity index (χ4v) is 3.17. The lowest BCUT2D eigenvalue weighted by atomic mass is 9.67. The molecule has 0 saturated heterocycles. The third-order valence-electron chi connectivity index (χ3n) is 4.15. The molecule has 0 radical (unpaired) electrons. The molecule has 1 nitrogen and oxygen atoms in total. The molecule has 108 valence electrons. The topological polar surface area (TPSA) is 17.1 Å². The van der Waals surface area contributed by atoms with Crippen LogP contribution in [-0.2, 0) is 10.2 Å². The highest BCUT2D eigenvalue weighted by Gasteiger charge is 2.40. The molecule has 0 heterocycles. The van der Waals surface area contributed by atoms with Gasteiger partial charge in [0.1, 0.15) is 11.2 Å². The van der Waals surface area contributed by atoms with Crippen molar-refractivity contribution in [1.29, 1.82) is 0 Å².